The van der Waals surface area contributed by atoms with Crippen molar-refractivity contribution in [2.45, 2.75) is 46.1 Å². The standard InChI is InChI=1S/C12H20O3/c1-8(2)10-5-4-9(3)6-11(10)15-12(14)7-13/h7-11H,4-6H2,1-3H3/t9-,10?,11?/m1/s1. The SMILES string of the molecule is CC(C)C1CC[C@@H](C)CC1OC(=O)C=O. The Morgan fingerprint density at radius 3 is 2.60 bits per heavy atom. The summed E-state index contributed by atoms with van der Waals surface area (Å²) in [6.45, 7) is 6.45. The van der Waals surface area contributed by atoms with Gasteiger partial charge >= 0.3 is 5.97 Å². The molecule has 3 heteroatoms. The predicted octanol–water partition coefficient (Wildman–Crippen LogP) is 2.19. The molecule has 1 rings (SSSR count). The van der Waals surface area contributed by atoms with Crippen molar-refractivity contribution in [1.29, 1.82) is 0 Å². The fraction of sp³-hybridized carbons (Fsp3) is 0.833. The van der Waals surface area contributed by atoms with Gasteiger partial charge in [-0.25, -0.2) is 4.79 Å². The van der Waals surface area contributed by atoms with E-state index in [1.807, 2.05) is 0 Å². The Hall–Kier alpha value is -0.860. The van der Waals surface area contributed by atoms with Crippen LogP contribution in [-0.4, -0.2) is 18.4 Å². The van der Waals surface area contributed by atoms with Gasteiger partial charge in [0, 0.05) is 0 Å². The first-order valence-electron chi connectivity index (χ1n) is 5.70. The van der Waals surface area contributed by atoms with Crippen molar-refractivity contribution in [3.8, 4) is 0 Å². The van der Waals surface area contributed by atoms with E-state index in [9.17, 15) is 9.59 Å². The molecule has 0 spiro atoms. The lowest BCUT2D eigenvalue weighted by atomic mass is 9.75. The van der Waals surface area contributed by atoms with E-state index < -0.39 is 5.97 Å². The number of carbonyl (C=O) groups is 2. The molecule has 0 aromatic heterocycles. The maximum absolute atomic E-state index is 11.0. The smallest absolute Gasteiger partial charge is 0.371 e. The molecule has 86 valence electrons. The summed E-state index contributed by atoms with van der Waals surface area (Å²) < 4.78 is 5.18. The van der Waals surface area contributed by atoms with Crippen molar-refractivity contribution in [3.05, 3.63) is 0 Å². The number of esters is 1. The maximum atomic E-state index is 11.0. The number of hydrogen-bond donors (Lipinski definition) is 0. The molecule has 2 unspecified atom stereocenters. The molecule has 3 nitrogen and oxygen atoms in total. The van der Waals surface area contributed by atoms with E-state index in [1.165, 1.54) is 6.42 Å². The van der Waals surface area contributed by atoms with Crippen LogP contribution in [0.5, 0.6) is 0 Å². The zero-order valence-corrected chi connectivity index (χ0v) is 9.73. The molecule has 1 saturated carbocycles. The van der Waals surface area contributed by atoms with Gasteiger partial charge in [0.05, 0.1) is 0 Å². The van der Waals surface area contributed by atoms with Crippen LogP contribution in [0.3, 0.4) is 0 Å². The van der Waals surface area contributed by atoms with Crippen molar-refractivity contribution in [2.75, 3.05) is 0 Å². The van der Waals surface area contributed by atoms with Gasteiger partial charge in [-0.15, -0.1) is 0 Å². The van der Waals surface area contributed by atoms with E-state index in [-0.39, 0.29) is 12.4 Å². The minimum Gasteiger partial charge on any atom is -0.457 e. The molecule has 1 aliphatic carbocycles. The Labute approximate surface area is 91.2 Å². The Bertz CT molecular complexity index is 235. The maximum Gasteiger partial charge on any atom is 0.371 e. The Morgan fingerprint density at radius 2 is 2.07 bits per heavy atom. The van der Waals surface area contributed by atoms with Crippen molar-refractivity contribution in [2.24, 2.45) is 17.8 Å². The quantitative estimate of drug-likeness (QED) is 0.409. The molecule has 15 heavy (non-hydrogen) atoms. The molecule has 0 radical (unpaired) electrons. The number of ether oxygens (including phenoxy) is 1. The van der Waals surface area contributed by atoms with E-state index >= 15 is 0 Å². The Kier molecular flexibility index (Phi) is 4.30. The molecule has 0 saturated heterocycles. The first-order chi connectivity index (χ1) is 7.04. The van der Waals surface area contributed by atoms with Gasteiger partial charge in [-0.1, -0.05) is 27.2 Å². The third-order valence-electron chi connectivity index (χ3n) is 3.33. The molecule has 0 aliphatic heterocycles. The van der Waals surface area contributed by atoms with Gasteiger partial charge in [-0.05, 0) is 30.6 Å². The highest BCUT2D eigenvalue weighted by Crippen LogP contribution is 2.35. The van der Waals surface area contributed by atoms with E-state index in [0.29, 0.717) is 17.8 Å². The normalized spacial score (nSPS) is 31.3. The number of carbonyl (C=O) groups excluding carboxylic acids is 2. The average Bonchev–Trinajstić information content (AvgIpc) is 2.17. The highest BCUT2D eigenvalue weighted by molar-refractivity contribution is 6.20. The second-order valence-corrected chi connectivity index (χ2v) is 4.92. The minimum atomic E-state index is -0.722. The highest BCUT2D eigenvalue weighted by atomic mass is 16.5. The molecular formula is C12H20O3. The zero-order valence-electron chi connectivity index (χ0n) is 9.73. The van der Waals surface area contributed by atoms with E-state index in [0.717, 1.165) is 12.8 Å². The monoisotopic (exact) mass is 212 g/mol. The lowest BCUT2D eigenvalue weighted by Crippen LogP contribution is -2.36. The van der Waals surface area contributed by atoms with Crippen LogP contribution in [0.4, 0.5) is 0 Å². The van der Waals surface area contributed by atoms with Crippen LogP contribution in [0.2, 0.25) is 0 Å². The topological polar surface area (TPSA) is 43.4 Å². The number of hydrogen-bond acceptors (Lipinski definition) is 3. The lowest BCUT2D eigenvalue weighted by molar-refractivity contribution is -0.158. The van der Waals surface area contributed by atoms with Gasteiger partial charge in [0.15, 0.2) is 0 Å². The molecule has 0 amide bonds. The van der Waals surface area contributed by atoms with Crippen LogP contribution >= 0.6 is 0 Å². The van der Waals surface area contributed by atoms with Crippen molar-refractivity contribution in [3.63, 3.8) is 0 Å². The van der Waals surface area contributed by atoms with Gasteiger partial charge in [-0.2, -0.15) is 0 Å². The Balaban J connectivity index is 2.61. The number of aldehydes is 1. The van der Waals surface area contributed by atoms with Crippen LogP contribution in [0, 0.1) is 17.8 Å². The van der Waals surface area contributed by atoms with Crippen molar-refractivity contribution in [1.82, 2.24) is 0 Å². The van der Waals surface area contributed by atoms with Gasteiger partial charge in [0.1, 0.15) is 6.10 Å². The number of rotatable bonds is 3. The van der Waals surface area contributed by atoms with Crippen LogP contribution in [0.15, 0.2) is 0 Å². The summed E-state index contributed by atoms with van der Waals surface area (Å²) in [6, 6.07) is 0. The second kappa shape index (κ2) is 5.29. The molecular weight excluding hydrogens is 192 g/mol. The minimum absolute atomic E-state index is 0.0635. The average molecular weight is 212 g/mol. The second-order valence-electron chi connectivity index (χ2n) is 4.92. The summed E-state index contributed by atoms with van der Waals surface area (Å²) in [4.78, 5) is 21.2. The predicted molar refractivity (Wildman–Crippen MR) is 57.3 cm³/mol. The Morgan fingerprint density at radius 1 is 1.40 bits per heavy atom. The molecule has 1 fully saturated rings. The molecule has 1 aliphatic rings. The lowest BCUT2D eigenvalue weighted by Gasteiger charge is -2.36. The third kappa shape index (κ3) is 3.33. The molecule has 0 heterocycles. The molecule has 0 bridgehead atoms. The summed E-state index contributed by atoms with van der Waals surface area (Å²) in [6.07, 6.45) is 3.37. The van der Waals surface area contributed by atoms with Gasteiger partial charge in [0.25, 0.3) is 0 Å². The molecule has 3 atom stereocenters. The van der Waals surface area contributed by atoms with Crippen LogP contribution in [0.1, 0.15) is 40.0 Å². The summed E-state index contributed by atoms with van der Waals surface area (Å²) in [5.41, 5.74) is 0. The molecule has 0 aromatic carbocycles. The molecule has 0 aromatic rings. The van der Waals surface area contributed by atoms with Crippen LogP contribution in [-0.2, 0) is 14.3 Å². The highest BCUT2D eigenvalue weighted by Gasteiger charge is 2.33. The van der Waals surface area contributed by atoms with Gasteiger partial charge in [-0.3, -0.25) is 4.79 Å². The first-order valence-corrected chi connectivity index (χ1v) is 5.70. The van der Waals surface area contributed by atoms with Crippen LogP contribution < -0.4 is 0 Å². The van der Waals surface area contributed by atoms with Gasteiger partial charge in [0.2, 0.25) is 6.29 Å². The largest absolute Gasteiger partial charge is 0.457 e. The fourth-order valence-electron chi connectivity index (χ4n) is 2.43. The van der Waals surface area contributed by atoms with E-state index in [1.54, 1.807) is 0 Å². The first kappa shape index (κ1) is 12.2. The van der Waals surface area contributed by atoms with E-state index in [2.05, 4.69) is 20.8 Å². The summed E-state index contributed by atoms with van der Waals surface area (Å²) in [5.74, 6) is 0.774. The zero-order chi connectivity index (χ0) is 11.4. The molecule has 0 N–H and O–H groups in total. The summed E-state index contributed by atoms with van der Waals surface area (Å²) in [7, 11) is 0. The summed E-state index contributed by atoms with van der Waals surface area (Å²) >= 11 is 0. The van der Waals surface area contributed by atoms with Crippen molar-refractivity contribution < 1.29 is 14.3 Å². The van der Waals surface area contributed by atoms with Crippen LogP contribution in [0.25, 0.3) is 0 Å². The van der Waals surface area contributed by atoms with Gasteiger partial charge < -0.3 is 4.74 Å². The third-order valence-corrected chi connectivity index (χ3v) is 3.33. The van der Waals surface area contributed by atoms with E-state index in [4.69, 9.17) is 4.74 Å². The summed E-state index contributed by atoms with van der Waals surface area (Å²) in [5, 5.41) is 0. The fourth-order valence-corrected chi connectivity index (χ4v) is 2.43. The van der Waals surface area contributed by atoms with Crippen molar-refractivity contribution >= 4 is 12.3 Å².